The number of fused-ring (bicyclic) bond motifs is 1. The zero-order chi connectivity index (χ0) is 23.5. The molecular weight excluding hydrogens is 420 g/mol. The van der Waals surface area contributed by atoms with Crippen molar-refractivity contribution in [2.24, 2.45) is 0 Å². The second kappa shape index (κ2) is 9.43. The summed E-state index contributed by atoms with van der Waals surface area (Å²) in [4.78, 5) is 16.4. The first kappa shape index (κ1) is 22.5. The first-order valence-electron chi connectivity index (χ1n) is 10.9. The minimum Gasteiger partial charge on any atom is -0.490 e. The zero-order valence-corrected chi connectivity index (χ0v) is 19.1. The van der Waals surface area contributed by atoms with E-state index < -0.39 is 6.04 Å². The van der Waals surface area contributed by atoms with Gasteiger partial charge in [0, 0.05) is 17.2 Å². The Balaban J connectivity index is 1.61. The Morgan fingerprint density at radius 2 is 2.09 bits per heavy atom. The second-order valence-electron chi connectivity index (χ2n) is 8.29. The van der Waals surface area contributed by atoms with Gasteiger partial charge in [0.05, 0.1) is 18.8 Å². The third kappa shape index (κ3) is 4.59. The maximum atomic E-state index is 11.8. The highest BCUT2D eigenvalue weighted by Gasteiger charge is 2.29. The van der Waals surface area contributed by atoms with E-state index in [4.69, 9.17) is 14.0 Å². The zero-order valence-electron chi connectivity index (χ0n) is 19.1. The average Bonchev–Trinajstić information content (AvgIpc) is 3.46. The number of aromatic nitrogens is 2. The summed E-state index contributed by atoms with van der Waals surface area (Å²) in [5, 5.41) is 17.0. The number of rotatable bonds is 7. The van der Waals surface area contributed by atoms with Crippen molar-refractivity contribution in [3.8, 4) is 34.7 Å². The van der Waals surface area contributed by atoms with Gasteiger partial charge in [0.25, 0.3) is 5.89 Å². The van der Waals surface area contributed by atoms with Gasteiger partial charge in [-0.3, -0.25) is 10.1 Å². The van der Waals surface area contributed by atoms with Gasteiger partial charge < -0.3 is 14.0 Å². The predicted molar refractivity (Wildman–Crippen MR) is 121 cm³/mol. The molecule has 0 spiro atoms. The lowest BCUT2D eigenvalue weighted by atomic mass is 10.0. The Kier molecular flexibility index (Phi) is 6.43. The molecule has 0 aliphatic heterocycles. The van der Waals surface area contributed by atoms with Crippen LogP contribution >= 0.6 is 0 Å². The molecule has 2 unspecified atom stereocenters. The molecule has 1 aromatic heterocycles. The molecule has 1 heterocycles. The van der Waals surface area contributed by atoms with Gasteiger partial charge in [0.1, 0.15) is 17.9 Å². The van der Waals surface area contributed by atoms with E-state index in [1.54, 1.807) is 25.1 Å². The van der Waals surface area contributed by atoms with Crippen molar-refractivity contribution in [1.82, 2.24) is 15.5 Å². The van der Waals surface area contributed by atoms with Gasteiger partial charge >= 0.3 is 5.97 Å². The molecule has 8 heteroatoms. The summed E-state index contributed by atoms with van der Waals surface area (Å²) in [7, 11) is 1.39. The van der Waals surface area contributed by atoms with E-state index in [1.165, 1.54) is 7.11 Å². The highest BCUT2D eigenvalue weighted by Crippen LogP contribution is 2.38. The summed E-state index contributed by atoms with van der Waals surface area (Å²) in [6.07, 6.45) is 1.66. The van der Waals surface area contributed by atoms with E-state index in [-0.39, 0.29) is 18.1 Å². The minimum absolute atomic E-state index is 0.0351. The number of ether oxygens (including phenoxy) is 2. The summed E-state index contributed by atoms with van der Waals surface area (Å²) < 4.78 is 16.1. The first-order chi connectivity index (χ1) is 15.9. The molecule has 1 N–H and O–H groups in total. The number of methoxy groups -OCH3 is 1. The van der Waals surface area contributed by atoms with E-state index in [9.17, 15) is 10.1 Å². The van der Waals surface area contributed by atoms with Crippen LogP contribution in [0.25, 0.3) is 22.8 Å². The van der Waals surface area contributed by atoms with Crippen molar-refractivity contribution in [1.29, 1.82) is 5.26 Å². The minimum atomic E-state index is -0.400. The number of hydrogen-bond acceptors (Lipinski definition) is 8. The van der Waals surface area contributed by atoms with Crippen LogP contribution in [0.4, 0.5) is 0 Å². The van der Waals surface area contributed by atoms with Crippen LogP contribution in [0.1, 0.15) is 49.9 Å². The molecule has 0 saturated heterocycles. The predicted octanol–water partition coefficient (Wildman–Crippen LogP) is 4.20. The molecular formula is C25H26N4O4. The normalized spacial score (nSPS) is 15.7. The number of esters is 1. The average molecular weight is 447 g/mol. The number of nitrogens with zero attached hydrogens (tertiary/aromatic N) is 3. The van der Waals surface area contributed by atoms with E-state index in [0.29, 0.717) is 28.6 Å². The summed E-state index contributed by atoms with van der Waals surface area (Å²) in [5.74, 6) is 1.06. The molecule has 0 radical (unpaired) electrons. The van der Waals surface area contributed by atoms with Crippen LogP contribution in [-0.2, 0) is 16.0 Å². The van der Waals surface area contributed by atoms with Crippen molar-refractivity contribution < 1.29 is 18.8 Å². The van der Waals surface area contributed by atoms with E-state index in [1.807, 2.05) is 26.0 Å². The van der Waals surface area contributed by atoms with Crippen molar-refractivity contribution in [2.75, 3.05) is 7.11 Å². The number of nitriles is 1. The van der Waals surface area contributed by atoms with Crippen molar-refractivity contribution in [3.05, 3.63) is 53.1 Å². The van der Waals surface area contributed by atoms with Crippen LogP contribution in [0, 0.1) is 11.3 Å². The molecule has 4 rings (SSSR count). The van der Waals surface area contributed by atoms with Gasteiger partial charge in [-0.2, -0.15) is 10.2 Å². The lowest BCUT2D eigenvalue weighted by molar-refractivity contribution is -0.142. The fourth-order valence-electron chi connectivity index (χ4n) is 4.14. The number of benzene rings is 2. The Morgan fingerprint density at radius 3 is 2.82 bits per heavy atom. The Morgan fingerprint density at radius 1 is 1.27 bits per heavy atom. The lowest BCUT2D eigenvalue weighted by Crippen LogP contribution is -2.36. The summed E-state index contributed by atoms with van der Waals surface area (Å²) >= 11 is 0. The fraction of sp³-hybridized carbons (Fsp3) is 0.360. The number of carbonyl (C=O) groups is 1. The summed E-state index contributed by atoms with van der Waals surface area (Å²) in [6, 6.07) is 13.0. The van der Waals surface area contributed by atoms with Crippen LogP contribution in [0.2, 0.25) is 0 Å². The van der Waals surface area contributed by atoms with Gasteiger partial charge in [-0.1, -0.05) is 23.4 Å². The van der Waals surface area contributed by atoms with Gasteiger partial charge in [0.15, 0.2) is 0 Å². The van der Waals surface area contributed by atoms with Gasteiger partial charge in [-0.15, -0.1) is 0 Å². The molecule has 1 aliphatic rings. The second-order valence-corrected chi connectivity index (χ2v) is 8.29. The van der Waals surface area contributed by atoms with Crippen LogP contribution in [0.15, 0.2) is 40.9 Å². The molecule has 0 fully saturated rings. The Bertz CT molecular complexity index is 1210. The standard InChI is InChI=1S/C25H26N4O4/c1-14(2)32-22-11-8-16(12-17(22)13-26)24-28-23(29-33-24)20-7-5-6-19-18(20)9-10-21(19)27-15(3)25(30)31-4/h5-8,11-12,14-15,21,27H,9-10H2,1-4H3. The SMILES string of the molecule is COC(=O)C(C)NC1CCc2c(-c3noc(-c4ccc(OC(C)C)c(C#N)c4)n3)cccc21. The van der Waals surface area contributed by atoms with Crippen LogP contribution in [0.5, 0.6) is 5.75 Å². The van der Waals surface area contributed by atoms with Gasteiger partial charge in [-0.25, -0.2) is 0 Å². The maximum Gasteiger partial charge on any atom is 0.322 e. The highest BCUT2D eigenvalue weighted by atomic mass is 16.5. The quantitative estimate of drug-likeness (QED) is 0.538. The van der Waals surface area contributed by atoms with E-state index >= 15 is 0 Å². The molecule has 0 saturated carbocycles. The third-order valence-electron chi connectivity index (χ3n) is 5.65. The van der Waals surface area contributed by atoms with Crippen molar-refractivity contribution in [3.63, 3.8) is 0 Å². The van der Waals surface area contributed by atoms with Gasteiger partial charge in [-0.05, 0) is 62.9 Å². The van der Waals surface area contributed by atoms with E-state index in [0.717, 1.165) is 29.5 Å². The lowest BCUT2D eigenvalue weighted by Gasteiger charge is -2.18. The Labute approximate surface area is 192 Å². The third-order valence-corrected chi connectivity index (χ3v) is 5.65. The number of nitrogens with one attached hydrogen (secondary N) is 1. The maximum absolute atomic E-state index is 11.8. The molecule has 3 aromatic rings. The number of carbonyl (C=O) groups excluding carboxylic acids is 1. The van der Waals surface area contributed by atoms with E-state index in [2.05, 4.69) is 27.6 Å². The molecule has 33 heavy (non-hydrogen) atoms. The van der Waals surface area contributed by atoms with Crippen LogP contribution < -0.4 is 10.1 Å². The molecule has 170 valence electrons. The topological polar surface area (TPSA) is 110 Å². The Hall–Kier alpha value is -3.70. The summed E-state index contributed by atoms with van der Waals surface area (Å²) in [5.41, 5.74) is 4.22. The highest BCUT2D eigenvalue weighted by molar-refractivity contribution is 5.75. The van der Waals surface area contributed by atoms with Crippen molar-refractivity contribution in [2.45, 2.75) is 51.8 Å². The smallest absolute Gasteiger partial charge is 0.322 e. The molecule has 8 nitrogen and oxygen atoms in total. The molecule has 0 bridgehead atoms. The number of hydrogen-bond donors (Lipinski definition) is 1. The largest absolute Gasteiger partial charge is 0.490 e. The van der Waals surface area contributed by atoms with Crippen LogP contribution in [-0.4, -0.2) is 35.4 Å². The molecule has 0 amide bonds. The summed E-state index contributed by atoms with van der Waals surface area (Å²) in [6.45, 7) is 5.62. The first-order valence-corrected chi connectivity index (χ1v) is 10.9. The van der Waals surface area contributed by atoms with Crippen LogP contribution in [0.3, 0.4) is 0 Å². The van der Waals surface area contributed by atoms with Gasteiger partial charge in [0.2, 0.25) is 5.82 Å². The fourth-order valence-corrected chi connectivity index (χ4v) is 4.14. The molecule has 1 aliphatic carbocycles. The molecule has 2 aromatic carbocycles. The molecule has 2 atom stereocenters. The van der Waals surface area contributed by atoms with Crippen molar-refractivity contribution >= 4 is 5.97 Å². The monoisotopic (exact) mass is 446 g/mol.